The molecule has 2 bridgehead atoms. The quantitative estimate of drug-likeness (QED) is 0.681. The smallest absolute Gasteiger partial charge is 0.0678 e. The summed E-state index contributed by atoms with van der Waals surface area (Å²) < 4.78 is 0. The molecule has 2 nitrogen and oxygen atoms in total. The van der Waals surface area contributed by atoms with Gasteiger partial charge in [-0.15, -0.1) is 0 Å². The van der Waals surface area contributed by atoms with Gasteiger partial charge in [0.25, 0.3) is 0 Å². The second kappa shape index (κ2) is 2.91. The molecule has 3 aliphatic rings. The number of hydrogen-bond donors (Lipinski definition) is 2. The summed E-state index contributed by atoms with van der Waals surface area (Å²) in [5, 5.41) is 21.4. The Labute approximate surface area is 104 Å². The van der Waals surface area contributed by atoms with Crippen molar-refractivity contribution in [2.75, 3.05) is 0 Å². The van der Waals surface area contributed by atoms with Crippen LogP contribution in [0.2, 0.25) is 0 Å². The van der Waals surface area contributed by atoms with E-state index in [0.717, 1.165) is 32.1 Å². The first-order valence-corrected chi connectivity index (χ1v) is 7.08. The molecule has 0 unspecified atom stereocenters. The molecule has 0 aromatic heterocycles. The Hall–Kier alpha value is -0.0800. The predicted octanol–water partition coefficient (Wildman–Crippen LogP) is 2.72. The highest BCUT2D eigenvalue weighted by Gasteiger charge is 2.71. The summed E-state index contributed by atoms with van der Waals surface area (Å²) in [4.78, 5) is 0. The maximum Gasteiger partial charge on any atom is 0.0678 e. The maximum atomic E-state index is 10.8. The molecule has 17 heavy (non-hydrogen) atoms. The van der Waals surface area contributed by atoms with E-state index in [-0.39, 0.29) is 10.8 Å². The van der Waals surface area contributed by atoms with Gasteiger partial charge in [0.2, 0.25) is 0 Å². The van der Waals surface area contributed by atoms with E-state index in [1.807, 2.05) is 13.8 Å². The van der Waals surface area contributed by atoms with Gasteiger partial charge in [-0.25, -0.2) is 0 Å². The van der Waals surface area contributed by atoms with Crippen LogP contribution in [-0.4, -0.2) is 21.4 Å². The Morgan fingerprint density at radius 1 is 0.882 bits per heavy atom. The highest BCUT2D eigenvalue weighted by molar-refractivity contribution is 5.21. The minimum atomic E-state index is -0.533. The highest BCUT2D eigenvalue weighted by Crippen LogP contribution is 2.74. The zero-order valence-corrected chi connectivity index (χ0v) is 11.6. The van der Waals surface area contributed by atoms with Gasteiger partial charge in [-0.1, -0.05) is 13.8 Å². The molecule has 2 N–H and O–H groups in total. The molecule has 3 rings (SSSR count). The Morgan fingerprint density at radius 3 is 2.18 bits per heavy atom. The summed E-state index contributed by atoms with van der Waals surface area (Å²) in [6.45, 7) is 8.66. The molecule has 0 aromatic rings. The summed E-state index contributed by atoms with van der Waals surface area (Å²) in [5.74, 6) is 0.935. The summed E-state index contributed by atoms with van der Waals surface area (Å²) in [6.07, 6.45) is 4.94. The molecule has 0 saturated heterocycles. The van der Waals surface area contributed by atoms with Gasteiger partial charge in [-0.2, -0.15) is 0 Å². The first kappa shape index (κ1) is 12.0. The van der Waals surface area contributed by atoms with Gasteiger partial charge in [-0.3, -0.25) is 0 Å². The number of hydrogen-bond acceptors (Lipinski definition) is 2. The van der Waals surface area contributed by atoms with Crippen molar-refractivity contribution in [1.82, 2.24) is 0 Å². The number of rotatable bonds is 0. The van der Waals surface area contributed by atoms with E-state index < -0.39 is 11.2 Å². The van der Waals surface area contributed by atoms with Crippen molar-refractivity contribution in [3.8, 4) is 0 Å². The third kappa shape index (κ3) is 1.19. The topological polar surface area (TPSA) is 40.5 Å². The third-order valence-corrected chi connectivity index (χ3v) is 6.85. The normalized spacial score (nSPS) is 60.4. The van der Waals surface area contributed by atoms with Gasteiger partial charge in [-0.05, 0) is 63.2 Å². The van der Waals surface area contributed by atoms with Crippen LogP contribution in [0.1, 0.15) is 59.8 Å². The Kier molecular flexibility index (Phi) is 2.05. The third-order valence-electron chi connectivity index (χ3n) is 6.85. The van der Waals surface area contributed by atoms with E-state index >= 15 is 0 Å². The average molecular weight is 238 g/mol. The SMILES string of the molecule is CC1(C)[C@H]2C[C@]3(CC[C@@]2(C)O)[C@H]1CC[C@]3(C)O. The fourth-order valence-electron chi connectivity index (χ4n) is 5.86. The van der Waals surface area contributed by atoms with E-state index in [2.05, 4.69) is 13.8 Å². The zero-order valence-electron chi connectivity index (χ0n) is 11.6. The molecular formula is C15H26O2. The van der Waals surface area contributed by atoms with E-state index in [0.29, 0.717) is 11.8 Å². The molecule has 0 amide bonds. The van der Waals surface area contributed by atoms with E-state index in [9.17, 15) is 10.2 Å². The van der Waals surface area contributed by atoms with Gasteiger partial charge in [0.15, 0.2) is 0 Å². The minimum Gasteiger partial charge on any atom is -0.390 e. The lowest BCUT2D eigenvalue weighted by Crippen LogP contribution is -2.49. The van der Waals surface area contributed by atoms with Crippen LogP contribution in [0.15, 0.2) is 0 Å². The fourth-order valence-corrected chi connectivity index (χ4v) is 5.86. The standard InChI is InChI=1S/C15H26O2/c1-12(2)10-5-6-14(4,17)15(10)8-7-13(3,16)11(12)9-15/h10-11,16-17H,5-9H2,1-4H3/t10-,11+,13+,14-,15+/m0/s1. The van der Waals surface area contributed by atoms with E-state index in [1.54, 1.807) is 0 Å². The predicted molar refractivity (Wildman–Crippen MR) is 67.5 cm³/mol. The van der Waals surface area contributed by atoms with Crippen molar-refractivity contribution in [3.63, 3.8) is 0 Å². The molecule has 0 aliphatic heterocycles. The van der Waals surface area contributed by atoms with Crippen LogP contribution in [0, 0.1) is 22.7 Å². The lowest BCUT2D eigenvalue weighted by molar-refractivity contribution is -0.113. The monoisotopic (exact) mass is 238 g/mol. The molecular weight excluding hydrogens is 212 g/mol. The second-order valence-electron chi connectivity index (χ2n) is 7.96. The maximum absolute atomic E-state index is 10.8. The van der Waals surface area contributed by atoms with Crippen molar-refractivity contribution in [1.29, 1.82) is 0 Å². The first-order chi connectivity index (χ1) is 7.64. The summed E-state index contributed by atoms with van der Waals surface area (Å²) in [6, 6.07) is 0. The van der Waals surface area contributed by atoms with Crippen LogP contribution < -0.4 is 0 Å². The van der Waals surface area contributed by atoms with E-state index in [4.69, 9.17) is 0 Å². The van der Waals surface area contributed by atoms with Gasteiger partial charge >= 0.3 is 0 Å². The van der Waals surface area contributed by atoms with Crippen LogP contribution in [0.4, 0.5) is 0 Å². The Balaban J connectivity index is 2.10. The zero-order chi connectivity index (χ0) is 12.7. The van der Waals surface area contributed by atoms with Crippen LogP contribution in [0.3, 0.4) is 0 Å². The summed E-state index contributed by atoms with van der Waals surface area (Å²) >= 11 is 0. The van der Waals surface area contributed by atoms with Crippen LogP contribution >= 0.6 is 0 Å². The average Bonchev–Trinajstić information content (AvgIpc) is 2.54. The van der Waals surface area contributed by atoms with Gasteiger partial charge in [0.1, 0.15) is 0 Å². The molecule has 0 aromatic carbocycles. The Morgan fingerprint density at radius 2 is 1.53 bits per heavy atom. The second-order valence-corrected chi connectivity index (χ2v) is 7.96. The van der Waals surface area contributed by atoms with Gasteiger partial charge in [0, 0.05) is 5.41 Å². The highest BCUT2D eigenvalue weighted by atomic mass is 16.3. The van der Waals surface area contributed by atoms with Crippen molar-refractivity contribution in [2.24, 2.45) is 22.7 Å². The molecule has 0 heterocycles. The summed E-state index contributed by atoms with van der Waals surface area (Å²) in [5.41, 5.74) is -0.792. The molecule has 98 valence electrons. The minimum absolute atomic E-state index is 0.0867. The lowest BCUT2D eigenvalue weighted by Gasteiger charge is -2.47. The van der Waals surface area contributed by atoms with E-state index in [1.165, 1.54) is 0 Å². The molecule has 3 aliphatic carbocycles. The van der Waals surface area contributed by atoms with Crippen LogP contribution in [0.25, 0.3) is 0 Å². The van der Waals surface area contributed by atoms with Crippen molar-refractivity contribution in [2.45, 2.75) is 71.0 Å². The van der Waals surface area contributed by atoms with Crippen LogP contribution in [0.5, 0.6) is 0 Å². The molecule has 2 heteroatoms. The Bertz CT molecular complexity index is 356. The van der Waals surface area contributed by atoms with Gasteiger partial charge < -0.3 is 10.2 Å². The summed E-state index contributed by atoms with van der Waals surface area (Å²) in [7, 11) is 0. The van der Waals surface area contributed by atoms with Crippen LogP contribution in [-0.2, 0) is 0 Å². The molecule has 3 saturated carbocycles. The fraction of sp³-hybridized carbons (Fsp3) is 1.00. The number of aliphatic hydroxyl groups is 2. The largest absolute Gasteiger partial charge is 0.390 e. The van der Waals surface area contributed by atoms with Crippen molar-refractivity contribution >= 4 is 0 Å². The lowest BCUT2D eigenvalue weighted by atomic mass is 9.62. The molecule has 5 atom stereocenters. The van der Waals surface area contributed by atoms with Gasteiger partial charge in [0.05, 0.1) is 11.2 Å². The molecule has 1 spiro atoms. The number of fused-ring (bicyclic) bond motifs is 1. The molecule has 3 fully saturated rings. The van der Waals surface area contributed by atoms with Crippen molar-refractivity contribution in [3.05, 3.63) is 0 Å². The van der Waals surface area contributed by atoms with Crippen molar-refractivity contribution < 1.29 is 10.2 Å². The first-order valence-electron chi connectivity index (χ1n) is 7.08. The molecule has 0 radical (unpaired) electrons.